The molecule has 1 aromatic rings. The van der Waals surface area contributed by atoms with Crippen LogP contribution in [-0.2, 0) is 9.53 Å². The zero-order chi connectivity index (χ0) is 16.9. The fraction of sp³-hybridized carbons (Fsp3) is 0.412. The Hall–Kier alpha value is -1.83. The van der Waals surface area contributed by atoms with Crippen molar-refractivity contribution in [3.63, 3.8) is 0 Å². The predicted octanol–water partition coefficient (Wildman–Crippen LogP) is 2.41. The molecule has 1 aromatic carbocycles. The lowest BCUT2D eigenvalue weighted by Crippen LogP contribution is -2.45. The van der Waals surface area contributed by atoms with Crippen molar-refractivity contribution in [3.8, 4) is 5.75 Å². The SMILES string of the molecule is CCOc1ccc(C=C2SC(=O)N(CN3CCOCC3)C2=O)cc1. The molecule has 0 aliphatic carbocycles. The molecule has 7 heteroatoms. The molecule has 0 spiro atoms. The van der Waals surface area contributed by atoms with E-state index in [0.717, 1.165) is 36.2 Å². The van der Waals surface area contributed by atoms with E-state index in [1.54, 1.807) is 6.08 Å². The van der Waals surface area contributed by atoms with Crippen molar-refractivity contribution in [2.24, 2.45) is 0 Å². The maximum absolute atomic E-state index is 12.5. The van der Waals surface area contributed by atoms with Crippen molar-refractivity contribution in [3.05, 3.63) is 34.7 Å². The van der Waals surface area contributed by atoms with Gasteiger partial charge in [0.1, 0.15) is 5.75 Å². The van der Waals surface area contributed by atoms with Gasteiger partial charge in [-0.05, 0) is 42.5 Å². The molecule has 0 bridgehead atoms. The lowest BCUT2D eigenvalue weighted by molar-refractivity contribution is -0.125. The minimum Gasteiger partial charge on any atom is -0.494 e. The van der Waals surface area contributed by atoms with Crippen LogP contribution in [0.25, 0.3) is 6.08 Å². The van der Waals surface area contributed by atoms with Gasteiger partial charge in [0.2, 0.25) is 0 Å². The number of amides is 2. The van der Waals surface area contributed by atoms with E-state index >= 15 is 0 Å². The van der Waals surface area contributed by atoms with E-state index < -0.39 is 0 Å². The van der Waals surface area contributed by atoms with E-state index in [1.807, 2.05) is 31.2 Å². The predicted molar refractivity (Wildman–Crippen MR) is 92.7 cm³/mol. The quantitative estimate of drug-likeness (QED) is 0.762. The highest BCUT2D eigenvalue weighted by atomic mass is 32.2. The second-order valence-corrected chi connectivity index (χ2v) is 6.48. The van der Waals surface area contributed by atoms with Crippen LogP contribution in [0, 0.1) is 0 Å². The second-order valence-electron chi connectivity index (χ2n) is 5.48. The smallest absolute Gasteiger partial charge is 0.294 e. The Balaban J connectivity index is 1.68. The molecule has 0 aromatic heterocycles. The molecule has 6 nitrogen and oxygen atoms in total. The van der Waals surface area contributed by atoms with Crippen LogP contribution < -0.4 is 4.74 Å². The van der Waals surface area contributed by atoms with E-state index in [1.165, 1.54) is 4.90 Å². The zero-order valence-corrected chi connectivity index (χ0v) is 14.4. The van der Waals surface area contributed by atoms with Gasteiger partial charge in [-0.2, -0.15) is 0 Å². The van der Waals surface area contributed by atoms with E-state index in [4.69, 9.17) is 9.47 Å². The molecular weight excluding hydrogens is 328 g/mol. The number of morpholine rings is 1. The van der Waals surface area contributed by atoms with Gasteiger partial charge >= 0.3 is 0 Å². The summed E-state index contributed by atoms with van der Waals surface area (Å²) in [6.45, 7) is 5.61. The van der Waals surface area contributed by atoms with Gasteiger partial charge in [0.05, 0.1) is 31.4 Å². The maximum atomic E-state index is 12.5. The van der Waals surface area contributed by atoms with Gasteiger partial charge in [-0.3, -0.25) is 19.4 Å². The summed E-state index contributed by atoms with van der Waals surface area (Å²) in [5.74, 6) is 0.556. The number of nitrogens with zero attached hydrogens (tertiary/aromatic N) is 2. The molecule has 2 aliphatic rings. The standard InChI is InChI=1S/C17H20N2O4S/c1-2-23-14-5-3-13(4-6-14)11-15-16(20)19(17(21)24-15)12-18-7-9-22-10-8-18/h3-6,11H,2,7-10,12H2,1H3. The molecule has 0 N–H and O–H groups in total. The molecule has 0 radical (unpaired) electrons. The van der Waals surface area contributed by atoms with Crippen LogP contribution in [0.5, 0.6) is 5.75 Å². The highest BCUT2D eigenvalue weighted by molar-refractivity contribution is 8.18. The summed E-state index contributed by atoms with van der Waals surface area (Å²) in [6, 6.07) is 7.46. The second kappa shape index (κ2) is 7.83. The van der Waals surface area contributed by atoms with Gasteiger partial charge in [-0.15, -0.1) is 0 Å². The van der Waals surface area contributed by atoms with Gasteiger partial charge < -0.3 is 9.47 Å². The van der Waals surface area contributed by atoms with Crippen molar-refractivity contribution in [2.75, 3.05) is 39.6 Å². The number of imide groups is 1. The molecular formula is C17H20N2O4S. The van der Waals surface area contributed by atoms with Crippen LogP contribution in [0.1, 0.15) is 12.5 Å². The van der Waals surface area contributed by atoms with E-state index in [9.17, 15) is 9.59 Å². The van der Waals surface area contributed by atoms with Gasteiger partial charge in [0.25, 0.3) is 11.1 Å². The molecule has 2 aliphatic heterocycles. The molecule has 0 saturated carbocycles. The Labute approximate surface area is 145 Å². The topological polar surface area (TPSA) is 59.1 Å². The third-order valence-electron chi connectivity index (χ3n) is 3.81. The van der Waals surface area contributed by atoms with Crippen LogP contribution in [0.2, 0.25) is 0 Å². The fourth-order valence-electron chi connectivity index (χ4n) is 2.54. The van der Waals surface area contributed by atoms with E-state index in [2.05, 4.69) is 4.90 Å². The molecule has 2 fully saturated rings. The largest absolute Gasteiger partial charge is 0.494 e. The number of ether oxygens (including phenoxy) is 2. The minimum atomic E-state index is -0.231. The summed E-state index contributed by atoms with van der Waals surface area (Å²) in [7, 11) is 0. The fourth-order valence-corrected chi connectivity index (χ4v) is 3.37. The third-order valence-corrected chi connectivity index (χ3v) is 4.71. The molecule has 128 valence electrons. The average molecular weight is 348 g/mol. The summed E-state index contributed by atoms with van der Waals surface area (Å²) in [5.41, 5.74) is 0.871. The first-order chi connectivity index (χ1) is 11.7. The highest BCUT2D eigenvalue weighted by Gasteiger charge is 2.36. The number of hydrogen-bond donors (Lipinski definition) is 0. The number of carbonyl (C=O) groups excluding carboxylic acids is 2. The average Bonchev–Trinajstić information content (AvgIpc) is 2.85. The lowest BCUT2D eigenvalue weighted by Gasteiger charge is -2.29. The third kappa shape index (κ3) is 3.98. The number of thioether (sulfide) groups is 1. The molecule has 3 rings (SSSR count). The summed E-state index contributed by atoms with van der Waals surface area (Å²) < 4.78 is 10.7. The molecule has 2 amide bonds. The molecule has 2 saturated heterocycles. The van der Waals surface area contributed by atoms with Crippen molar-refractivity contribution >= 4 is 29.0 Å². The maximum Gasteiger partial charge on any atom is 0.294 e. The lowest BCUT2D eigenvalue weighted by atomic mass is 10.2. The first-order valence-corrected chi connectivity index (χ1v) is 8.77. The summed E-state index contributed by atoms with van der Waals surface area (Å²) in [4.78, 5) is 28.5. The summed E-state index contributed by atoms with van der Waals surface area (Å²) in [5, 5.41) is -0.219. The van der Waals surface area contributed by atoms with Gasteiger partial charge in [0, 0.05) is 13.1 Å². The van der Waals surface area contributed by atoms with E-state index in [0.29, 0.717) is 31.4 Å². The van der Waals surface area contributed by atoms with Crippen molar-refractivity contribution in [1.82, 2.24) is 9.80 Å². The summed E-state index contributed by atoms with van der Waals surface area (Å²) in [6.07, 6.45) is 1.75. The van der Waals surface area contributed by atoms with Crippen LogP contribution in [0.4, 0.5) is 4.79 Å². The first kappa shape index (κ1) is 17.0. The number of carbonyl (C=O) groups is 2. The Morgan fingerprint density at radius 1 is 1.21 bits per heavy atom. The van der Waals surface area contributed by atoms with Crippen LogP contribution in [-0.4, -0.2) is 60.5 Å². The minimum absolute atomic E-state index is 0.219. The normalized spacial score (nSPS) is 20.9. The van der Waals surface area contributed by atoms with Crippen LogP contribution in [0.15, 0.2) is 29.2 Å². The summed E-state index contributed by atoms with van der Waals surface area (Å²) >= 11 is 0.989. The number of rotatable bonds is 5. The molecule has 0 atom stereocenters. The van der Waals surface area contributed by atoms with Crippen molar-refractivity contribution in [2.45, 2.75) is 6.92 Å². The van der Waals surface area contributed by atoms with Gasteiger partial charge in [-0.1, -0.05) is 12.1 Å². The van der Waals surface area contributed by atoms with E-state index in [-0.39, 0.29) is 11.1 Å². The Morgan fingerprint density at radius 3 is 2.58 bits per heavy atom. The van der Waals surface area contributed by atoms with Crippen molar-refractivity contribution in [1.29, 1.82) is 0 Å². The molecule has 2 heterocycles. The number of benzene rings is 1. The Morgan fingerprint density at radius 2 is 1.92 bits per heavy atom. The van der Waals surface area contributed by atoms with Gasteiger partial charge in [-0.25, -0.2) is 0 Å². The molecule has 24 heavy (non-hydrogen) atoms. The molecule has 0 unspecified atom stereocenters. The zero-order valence-electron chi connectivity index (χ0n) is 13.6. The van der Waals surface area contributed by atoms with Crippen molar-refractivity contribution < 1.29 is 19.1 Å². The first-order valence-electron chi connectivity index (χ1n) is 7.95. The van der Waals surface area contributed by atoms with Crippen LogP contribution >= 0.6 is 11.8 Å². The Bertz CT molecular complexity index is 638. The monoisotopic (exact) mass is 348 g/mol. The number of hydrogen-bond acceptors (Lipinski definition) is 6. The highest BCUT2D eigenvalue weighted by Crippen LogP contribution is 2.32. The van der Waals surface area contributed by atoms with Gasteiger partial charge in [0.15, 0.2) is 0 Å². The Kier molecular flexibility index (Phi) is 5.55. The van der Waals surface area contributed by atoms with Crippen LogP contribution in [0.3, 0.4) is 0 Å².